The van der Waals surface area contributed by atoms with Crippen LogP contribution in [0.25, 0.3) is 0 Å². The monoisotopic (exact) mass is 552 g/mol. The van der Waals surface area contributed by atoms with Gasteiger partial charge < -0.3 is 34.5 Å². The average molecular weight is 552 g/mol. The van der Waals surface area contributed by atoms with Gasteiger partial charge in [0, 0.05) is 52.7 Å². The highest BCUT2D eigenvalue weighted by Crippen LogP contribution is 2.16. The van der Waals surface area contributed by atoms with Crippen LogP contribution < -0.4 is 15.4 Å². The number of ether oxygens (including phenoxy) is 4. The van der Waals surface area contributed by atoms with Crippen LogP contribution in [0, 0.1) is 0 Å². The molecular weight excluding hydrogens is 511 g/mol. The zero-order chi connectivity index (χ0) is 22.0. The second-order valence-corrected chi connectivity index (χ2v) is 7.23. The smallest absolute Gasteiger partial charge is 0.195 e. The van der Waals surface area contributed by atoms with Crippen molar-refractivity contribution in [1.29, 1.82) is 0 Å². The van der Waals surface area contributed by atoms with Crippen LogP contribution in [0.4, 0.5) is 5.69 Å². The van der Waals surface area contributed by atoms with Gasteiger partial charge in [-0.1, -0.05) is 0 Å². The number of anilines is 1. The number of rotatable bonds is 16. The van der Waals surface area contributed by atoms with Crippen LogP contribution in [0.3, 0.4) is 0 Å². The Labute approximate surface area is 205 Å². The zero-order valence-electron chi connectivity index (χ0n) is 19.7. The second-order valence-electron chi connectivity index (χ2n) is 7.23. The maximum Gasteiger partial charge on any atom is 0.195 e. The molecule has 0 aliphatic heterocycles. The van der Waals surface area contributed by atoms with Gasteiger partial charge >= 0.3 is 0 Å². The summed E-state index contributed by atoms with van der Waals surface area (Å²) >= 11 is 0. The molecule has 9 heteroatoms. The number of methoxy groups -OCH3 is 2. The summed E-state index contributed by atoms with van der Waals surface area (Å²) < 4.78 is 21.3. The molecule has 0 aliphatic rings. The number of hydrogen-bond acceptors (Lipinski definition) is 6. The summed E-state index contributed by atoms with van der Waals surface area (Å²) in [6, 6.07) is 7.91. The number of nitrogens with zero attached hydrogens (tertiary/aromatic N) is 2. The van der Waals surface area contributed by atoms with E-state index < -0.39 is 0 Å². The lowest BCUT2D eigenvalue weighted by Gasteiger charge is -2.18. The summed E-state index contributed by atoms with van der Waals surface area (Å²) in [5.74, 6) is 1.61. The SMILES string of the molecule is COCCOCCCN=C(NCCN(C)CCOC)Nc1ccc(OC(C)C)cc1.I. The minimum absolute atomic E-state index is 0. The Kier molecular flexibility index (Phi) is 18.8. The summed E-state index contributed by atoms with van der Waals surface area (Å²) in [7, 11) is 5.47. The molecule has 0 unspecified atom stereocenters. The molecule has 0 amide bonds. The molecule has 0 atom stereocenters. The molecule has 8 nitrogen and oxygen atoms in total. The van der Waals surface area contributed by atoms with Gasteiger partial charge in [0.15, 0.2) is 5.96 Å². The summed E-state index contributed by atoms with van der Waals surface area (Å²) in [4.78, 5) is 6.89. The summed E-state index contributed by atoms with van der Waals surface area (Å²) in [5.41, 5.74) is 0.960. The standard InChI is InChI=1S/C22H40N4O4.HI/c1-19(2)30-21-9-7-20(8-10-21)25-22(23-11-6-15-29-18-17-28-5)24-12-13-26(3)14-16-27-4;/h7-10,19H,6,11-18H2,1-5H3,(H2,23,24,25);1H. The zero-order valence-corrected chi connectivity index (χ0v) is 22.0. The molecule has 0 spiro atoms. The van der Waals surface area contributed by atoms with Gasteiger partial charge in [-0.25, -0.2) is 0 Å². The van der Waals surface area contributed by atoms with Crippen LogP contribution in [0.15, 0.2) is 29.3 Å². The molecule has 0 aromatic heterocycles. The van der Waals surface area contributed by atoms with E-state index in [1.807, 2.05) is 38.1 Å². The molecule has 31 heavy (non-hydrogen) atoms. The molecule has 0 aliphatic carbocycles. The van der Waals surface area contributed by atoms with E-state index in [1.54, 1.807) is 14.2 Å². The summed E-state index contributed by atoms with van der Waals surface area (Å²) in [5, 5.41) is 6.76. The van der Waals surface area contributed by atoms with Crippen molar-refractivity contribution in [3.8, 4) is 5.75 Å². The lowest BCUT2D eigenvalue weighted by Crippen LogP contribution is -2.37. The molecule has 0 bridgehead atoms. The largest absolute Gasteiger partial charge is 0.491 e. The number of hydrogen-bond donors (Lipinski definition) is 2. The van der Waals surface area contributed by atoms with Crippen LogP contribution in [0.2, 0.25) is 0 Å². The van der Waals surface area contributed by atoms with Crippen molar-refractivity contribution in [2.75, 3.05) is 79.2 Å². The van der Waals surface area contributed by atoms with Gasteiger partial charge in [-0.3, -0.25) is 4.99 Å². The van der Waals surface area contributed by atoms with Crippen molar-refractivity contribution in [2.45, 2.75) is 26.4 Å². The number of aliphatic imine (C=N–C) groups is 1. The highest BCUT2D eigenvalue weighted by atomic mass is 127. The van der Waals surface area contributed by atoms with Crippen LogP contribution in [0.5, 0.6) is 5.75 Å². The van der Waals surface area contributed by atoms with E-state index in [0.29, 0.717) is 26.4 Å². The Morgan fingerprint density at radius 2 is 1.71 bits per heavy atom. The summed E-state index contributed by atoms with van der Waals surface area (Å²) in [6.07, 6.45) is 1.01. The van der Waals surface area contributed by atoms with Crippen molar-refractivity contribution >= 4 is 35.6 Å². The molecule has 0 radical (unpaired) electrons. The van der Waals surface area contributed by atoms with Gasteiger partial charge in [0.05, 0.1) is 25.9 Å². The van der Waals surface area contributed by atoms with E-state index in [0.717, 1.165) is 50.1 Å². The Bertz CT molecular complexity index is 573. The lowest BCUT2D eigenvalue weighted by molar-refractivity contribution is 0.0702. The fourth-order valence-electron chi connectivity index (χ4n) is 2.49. The Balaban J connectivity index is 0.00000900. The van der Waals surface area contributed by atoms with Gasteiger partial charge in [-0.05, 0) is 51.6 Å². The Morgan fingerprint density at radius 3 is 2.35 bits per heavy atom. The van der Waals surface area contributed by atoms with Crippen molar-refractivity contribution in [3.63, 3.8) is 0 Å². The molecule has 1 aromatic carbocycles. The van der Waals surface area contributed by atoms with Crippen molar-refractivity contribution in [1.82, 2.24) is 10.2 Å². The summed E-state index contributed by atoms with van der Waals surface area (Å²) in [6.45, 7) is 9.91. The molecule has 0 fully saturated rings. The maximum absolute atomic E-state index is 5.71. The molecular formula is C22H41IN4O4. The quantitative estimate of drug-likeness (QED) is 0.141. The van der Waals surface area contributed by atoms with Crippen LogP contribution in [-0.4, -0.2) is 90.8 Å². The highest BCUT2D eigenvalue weighted by molar-refractivity contribution is 14.0. The minimum atomic E-state index is 0. The van der Waals surface area contributed by atoms with E-state index in [4.69, 9.17) is 18.9 Å². The van der Waals surface area contributed by atoms with Gasteiger partial charge in [-0.15, -0.1) is 24.0 Å². The Morgan fingerprint density at radius 1 is 1.00 bits per heavy atom. The number of likely N-dealkylation sites (N-methyl/N-ethyl adjacent to an activating group) is 1. The maximum atomic E-state index is 5.71. The first-order chi connectivity index (χ1) is 14.5. The average Bonchev–Trinajstić information content (AvgIpc) is 2.72. The third-order valence-electron chi connectivity index (χ3n) is 4.10. The fraction of sp³-hybridized carbons (Fsp3) is 0.682. The number of benzene rings is 1. The number of nitrogens with one attached hydrogen (secondary N) is 2. The van der Waals surface area contributed by atoms with Gasteiger partial charge in [0.25, 0.3) is 0 Å². The molecule has 1 aromatic rings. The second kappa shape index (κ2) is 19.5. The highest BCUT2D eigenvalue weighted by Gasteiger charge is 2.04. The Hall–Kier alpha value is -1.14. The normalized spacial score (nSPS) is 11.5. The van der Waals surface area contributed by atoms with E-state index in [1.165, 1.54) is 0 Å². The van der Waals surface area contributed by atoms with Gasteiger partial charge in [0.2, 0.25) is 0 Å². The molecule has 1 rings (SSSR count). The van der Waals surface area contributed by atoms with E-state index >= 15 is 0 Å². The molecule has 0 heterocycles. The van der Waals surface area contributed by atoms with Crippen LogP contribution in [-0.2, 0) is 14.2 Å². The van der Waals surface area contributed by atoms with Crippen molar-refractivity contribution in [3.05, 3.63) is 24.3 Å². The third-order valence-corrected chi connectivity index (χ3v) is 4.10. The molecule has 180 valence electrons. The first kappa shape index (κ1) is 29.9. The van der Waals surface area contributed by atoms with Crippen molar-refractivity contribution in [2.24, 2.45) is 4.99 Å². The minimum Gasteiger partial charge on any atom is -0.491 e. The van der Waals surface area contributed by atoms with E-state index in [2.05, 4.69) is 27.6 Å². The number of guanidine groups is 1. The van der Waals surface area contributed by atoms with Crippen LogP contribution >= 0.6 is 24.0 Å². The van der Waals surface area contributed by atoms with Crippen LogP contribution in [0.1, 0.15) is 20.3 Å². The first-order valence-electron chi connectivity index (χ1n) is 10.6. The topological polar surface area (TPSA) is 76.6 Å². The van der Waals surface area contributed by atoms with Crippen molar-refractivity contribution < 1.29 is 18.9 Å². The van der Waals surface area contributed by atoms with E-state index in [-0.39, 0.29) is 30.1 Å². The number of halogens is 1. The van der Waals surface area contributed by atoms with Gasteiger partial charge in [-0.2, -0.15) is 0 Å². The molecule has 0 saturated heterocycles. The van der Waals surface area contributed by atoms with Gasteiger partial charge in [0.1, 0.15) is 5.75 Å². The molecule has 0 saturated carbocycles. The lowest BCUT2D eigenvalue weighted by atomic mass is 10.3. The first-order valence-corrected chi connectivity index (χ1v) is 10.6. The third kappa shape index (κ3) is 16.2. The fourth-order valence-corrected chi connectivity index (χ4v) is 2.49. The molecule has 2 N–H and O–H groups in total. The predicted molar refractivity (Wildman–Crippen MR) is 138 cm³/mol. The van der Waals surface area contributed by atoms with E-state index in [9.17, 15) is 0 Å². The predicted octanol–water partition coefficient (Wildman–Crippen LogP) is 3.08.